The highest BCUT2D eigenvalue weighted by atomic mass is 16.5. The van der Waals surface area contributed by atoms with Crippen LogP contribution in [-0.2, 0) is 0 Å². The highest BCUT2D eigenvalue weighted by molar-refractivity contribution is 5.61. The maximum absolute atomic E-state index is 5.95. The van der Waals surface area contributed by atoms with Crippen LogP contribution in [0.2, 0.25) is 0 Å². The first-order valence-corrected chi connectivity index (χ1v) is 5.89. The van der Waals surface area contributed by atoms with E-state index in [1.165, 1.54) is 5.56 Å². The van der Waals surface area contributed by atoms with Crippen LogP contribution in [0, 0.1) is 0 Å². The van der Waals surface area contributed by atoms with Gasteiger partial charge in [0, 0.05) is 0 Å². The van der Waals surface area contributed by atoms with Gasteiger partial charge in [0.1, 0.15) is 11.4 Å². The Morgan fingerprint density at radius 3 is 2.25 bits per heavy atom. The second-order valence-electron chi connectivity index (χ2n) is 4.92. The van der Waals surface area contributed by atoms with E-state index in [-0.39, 0.29) is 5.60 Å². The molecule has 0 aliphatic carbocycles. The van der Waals surface area contributed by atoms with Gasteiger partial charge in [0.2, 0.25) is 0 Å². The SMILES string of the molecule is C=C(C)c1ccc(OC(C)(C)CCC)cc1. The van der Waals surface area contributed by atoms with Gasteiger partial charge in [0.25, 0.3) is 0 Å². The molecule has 16 heavy (non-hydrogen) atoms. The van der Waals surface area contributed by atoms with E-state index in [0.717, 1.165) is 24.2 Å². The van der Waals surface area contributed by atoms with Crippen molar-refractivity contribution in [3.05, 3.63) is 36.4 Å². The lowest BCUT2D eigenvalue weighted by Gasteiger charge is -2.26. The molecule has 1 nitrogen and oxygen atoms in total. The predicted molar refractivity (Wildman–Crippen MR) is 70.8 cm³/mol. The molecule has 0 atom stereocenters. The lowest BCUT2D eigenvalue weighted by atomic mass is 10.0. The molecule has 0 N–H and O–H groups in total. The van der Waals surface area contributed by atoms with Crippen LogP contribution in [-0.4, -0.2) is 5.60 Å². The summed E-state index contributed by atoms with van der Waals surface area (Å²) < 4.78 is 5.95. The summed E-state index contributed by atoms with van der Waals surface area (Å²) in [6.45, 7) is 12.4. The zero-order valence-electron chi connectivity index (χ0n) is 10.8. The molecule has 1 aromatic carbocycles. The topological polar surface area (TPSA) is 9.23 Å². The smallest absolute Gasteiger partial charge is 0.120 e. The summed E-state index contributed by atoms with van der Waals surface area (Å²) in [6.07, 6.45) is 2.20. The molecule has 0 heterocycles. The number of rotatable bonds is 5. The molecule has 0 bridgehead atoms. The lowest BCUT2D eigenvalue weighted by Crippen LogP contribution is -2.27. The van der Waals surface area contributed by atoms with Gasteiger partial charge >= 0.3 is 0 Å². The van der Waals surface area contributed by atoms with Crippen molar-refractivity contribution in [2.45, 2.75) is 46.1 Å². The molecule has 1 heteroatoms. The normalized spacial score (nSPS) is 11.2. The molecule has 0 saturated heterocycles. The summed E-state index contributed by atoms with van der Waals surface area (Å²) in [4.78, 5) is 0. The molecule has 0 saturated carbocycles. The van der Waals surface area contributed by atoms with Gasteiger partial charge in [-0.3, -0.25) is 0 Å². The van der Waals surface area contributed by atoms with Crippen molar-refractivity contribution in [2.75, 3.05) is 0 Å². The second kappa shape index (κ2) is 5.20. The average Bonchev–Trinajstić information content (AvgIpc) is 2.17. The first-order chi connectivity index (χ1) is 7.44. The van der Waals surface area contributed by atoms with Gasteiger partial charge in [-0.1, -0.05) is 37.6 Å². The van der Waals surface area contributed by atoms with E-state index in [1.54, 1.807) is 0 Å². The van der Waals surface area contributed by atoms with Crippen molar-refractivity contribution in [1.29, 1.82) is 0 Å². The van der Waals surface area contributed by atoms with Crippen LogP contribution in [0.3, 0.4) is 0 Å². The third-order valence-corrected chi connectivity index (χ3v) is 2.59. The summed E-state index contributed by atoms with van der Waals surface area (Å²) in [5, 5.41) is 0. The van der Waals surface area contributed by atoms with Crippen LogP contribution in [0.4, 0.5) is 0 Å². The Labute approximate surface area is 99.1 Å². The molecule has 0 amide bonds. The molecule has 0 aliphatic rings. The summed E-state index contributed by atoms with van der Waals surface area (Å²) in [5.41, 5.74) is 2.17. The summed E-state index contributed by atoms with van der Waals surface area (Å²) in [6, 6.07) is 8.14. The highest BCUT2D eigenvalue weighted by Gasteiger charge is 2.18. The number of hydrogen-bond acceptors (Lipinski definition) is 1. The Hall–Kier alpha value is -1.24. The Morgan fingerprint density at radius 2 is 1.81 bits per heavy atom. The summed E-state index contributed by atoms with van der Waals surface area (Å²) in [5.74, 6) is 0.934. The fraction of sp³-hybridized carbons (Fsp3) is 0.467. The summed E-state index contributed by atoms with van der Waals surface area (Å²) in [7, 11) is 0. The van der Waals surface area contributed by atoms with Crippen LogP contribution in [0.15, 0.2) is 30.8 Å². The third-order valence-electron chi connectivity index (χ3n) is 2.59. The molecule has 0 aliphatic heterocycles. The minimum Gasteiger partial charge on any atom is -0.488 e. The molecule has 0 unspecified atom stereocenters. The highest BCUT2D eigenvalue weighted by Crippen LogP contribution is 2.23. The van der Waals surface area contributed by atoms with Crippen molar-refractivity contribution >= 4 is 5.57 Å². The van der Waals surface area contributed by atoms with E-state index in [2.05, 4.69) is 39.5 Å². The average molecular weight is 218 g/mol. The third kappa shape index (κ3) is 3.73. The molecule has 1 aromatic rings. The molecule has 88 valence electrons. The molecule has 0 fully saturated rings. The largest absolute Gasteiger partial charge is 0.488 e. The van der Waals surface area contributed by atoms with Gasteiger partial charge in [0.05, 0.1) is 0 Å². The molecule has 0 radical (unpaired) electrons. The van der Waals surface area contributed by atoms with Gasteiger partial charge in [-0.25, -0.2) is 0 Å². The fourth-order valence-corrected chi connectivity index (χ4v) is 1.78. The standard InChI is InChI=1S/C15H22O/c1-6-11-15(4,5)16-14-9-7-13(8-10-14)12(2)3/h7-10H,2,6,11H2,1,3-5H3. The van der Waals surface area contributed by atoms with Gasteiger partial charge in [-0.15, -0.1) is 0 Å². The van der Waals surface area contributed by atoms with Crippen LogP contribution >= 0.6 is 0 Å². The van der Waals surface area contributed by atoms with Gasteiger partial charge in [0.15, 0.2) is 0 Å². The van der Waals surface area contributed by atoms with E-state index < -0.39 is 0 Å². The maximum Gasteiger partial charge on any atom is 0.120 e. The van der Waals surface area contributed by atoms with Crippen LogP contribution in [0.25, 0.3) is 5.57 Å². The predicted octanol–water partition coefficient (Wildman–Crippen LogP) is 4.68. The Kier molecular flexibility index (Phi) is 4.17. The van der Waals surface area contributed by atoms with E-state index in [1.807, 2.05) is 19.1 Å². The lowest BCUT2D eigenvalue weighted by molar-refractivity contribution is 0.0986. The van der Waals surface area contributed by atoms with Crippen molar-refractivity contribution in [3.8, 4) is 5.75 Å². The van der Waals surface area contributed by atoms with E-state index in [4.69, 9.17) is 4.74 Å². The fourth-order valence-electron chi connectivity index (χ4n) is 1.78. The zero-order valence-corrected chi connectivity index (χ0v) is 10.8. The first kappa shape index (κ1) is 12.8. The van der Waals surface area contributed by atoms with Gasteiger partial charge < -0.3 is 4.74 Å². The number of benzene rings is 1. The van der Waals surface area contributed by atoms with Crippen LogP contribution < -0.4 is 4.74 Å². The van der Waals surface area contributed by atoms with E-state index in [9.17, 15) is 0 Å². The van der Waals surface area contributed by atoms with Crippen molar-refractivity contribution < 1.29 is 4.74 Å². The Morgan fingerprint density at radius 1 is 1.25 bits per heavy atom. The Bertz CT molecular complexity index is 346. The monoisotopic (exact) mass is 218 g/mol. The van der Waals surface area contributed by atoms with Gasteiger partial charge in [-0.05, 0) is 44.9 Å². The zero-order chi connectivity index (χ0) is 12.2. The second-order valence-corrected chi connectivity index (χ2v) is 4.92. The van der Waals surface area contributed by atoms with Crippen molar-refractivity contribution in [1.82, 2.24) is 0 Å². The molecular formula is C15H22O. The van der Waals surface area contributed by atoms with E-state index >= 15 is 0 Å². The quantitative estimate of drug-likeness (QED) is 0.697. The number of allylic oxidation sites excluding steroid dienone is 1. The number of hydrogen-bond donors (Lipinski definition) is 0. The number of ether oxygens (including phenoxy) is 1. The van der Waals surface area contributed by atoms with Gasteiger partial charge in [-0.2, -0.15) is 0 Å². The van der Waals surface area contributed by atoms with Crippen LogP contribution in [0.5, 0.6) is 5.75 Å². The maximum atomic E-state index is 5.95. The van der Waals surface area contributed by atoms with Crippen LogP contribution in [0.1, 0.15) is 46.1 Å². The van der Waals surface area contributed by atoms with Crippen molar-refractivity contribution in [3.63, 3.8) is 0 Å². The Balaban J connectivity index is 2.72. The molecule has 0 aromatic heterocycles. The minimum atomic E-state index is -0.0838. The minimum absolute atomic E-state index is 0.0838. The first-order valence-electron chi connectivity index (χ1n) is 5.89. The summed E-state index contributed by atoms with van der Waals surface area (Å²) >= 11 is 0. The molecule has 1 rings (SSSR count). The molecule has 0 spiro atoms. The van der Waals surface area contributed by atoms with Crippen molar-refractivity contribution in [2.24, 2.45) is 0 Å². The van der Waals surface area contributed by atoms with E-state index in [0.29, 0.717) is 0 Å². The molecular weight excluding hydrogens is 196 g/mol.